The van der Waals surface area contributed by atoms with Crippen molar-refractivity contribution in [2.24, 2.45) is 0 Å². The largest absolute Gasteiger partial charge is 0.490 e. The van der Waals surface area contributed by atoms with E-state index in [4.69, 9.17) is 26.4 Å². The standard InChI is InChI=1S/C24H27NO4S2/c1-4-16(3)18-8-6-7-9-19(18)28-12-13-29-20-11-10-17(14-21(20)27-5-2)15-22-23(26)25-24(30)31-22/h6-11,14-16H,4-5,12-13H2,1-3H3,(H,25,26,30)/b22-15-. The van der Waals surface area contributed by atoms with Crippen molar-refractivity contribution >= 4 is 40.3 Å². The Morgan fingerprint density at radius 2 is 1.77 bits per heavy atom. The Morgan fingerprint density at radius 1 is 1.03 bits per heavy atom. The van der Waals surface area contributed by atoms with Crippen LogP contribution in [0.3, 0.4) is 0 Å². The molecule has 0 spiro atoms. The van der Waals surface area contributed by atoms with Crippen LogP contribution in [0.2, 0.25) is 0 Å². The van der Waals surface area contributed by atoms with Crippen molar-refractivity contribution in [3.63, 3.8) is 0 Å². The molecule has 1 atom stereocenters. The molecule has 0 bridgehead atoms. The van der Waals surface area contributed by atoms with E-state index >= 15 is 0 Å². The maximum Gasteiger partial charge on any atom is 0.263 e. The van der Waals surface area contributed by atoms with E-state index in [1.54, 1.807) is 6.08 Å². The predicted molar refractivity (Wildman–Crippen MR) is 130 cm³/mol. The predicted octanol–water partition coefficient (Wildman–Crippen LogP) is 5.55. The Kier molecular flexibility index (Phi) is 8.37. The van der Waals surface area contributed by atoms with Crippen LogP contribution in [0, 0.1) is 0 Å². The molecule has 164 valence electrons. The van der Waals surface area contributed by atoms with E-state index in [-0.39, 0.29) is 5.91 Å². The SMILES string of the molecule is CCOc1cc(/C=C2\SC(=S)NC2=O)ccc1OCCOc1ccccc1C(C)CC. The summed E-state index contributed by atoms with van der Waals surface area (Å²) in [5, 5.41) is 2.62. The van der Waals surface area contributed by atoms with Gasteiger partial charge >= 0.3 is 0 Å². The van der Waals surface area contributed by atoms with Crippen LogP contribution in [0.15, 0.2) is 47.4 Å². The smallest absolute Gasteiger partial charge is 0.263 e. The average Bonchev–Trinajstić information content (AvgIpc) is 3.08. The van der Waals surface area contributed by atoms with Crippen LogP contribution >= 0.6 is 24.0 Å². The number of thioether (sulfide) groups is 1. The molecule has 0 saturated carbocycles. The lowest BCUT2D eigenvalue weighted by atomic mass is 9.98. The van der Waals surface area contributed by atoms with Crippen molar-refractivity contribution in [2.75, 3.05) is 19.8 Å². The van der Waals surface area contributed by atoms with Crippen LogP contribution in [0.4, 0.5) is 0 Å². The number of para-hydroxylation sites is 1. The van der Waals surface area contributed by atoms with Gasteiger partial charge in [0, 0.05) is 0 Å². The summed E-state index contributed by atoms with van der Waals surface area (Å²) in [5.41, 5.74) is 2.06. The van der Waals surface area contributed by atoms with Gasteiger partial charge in [-0.2, -0.15) is 0 Å². The zero-order chi connectivity index (χ0) is 22.2. The summed E-state index contributed by atoms with van der Waals surface area (Å²) in [7, 11) is 0. The summed E-state index contributed by atoms with van der Waals surface area (Å²) in [6, 6.07) is 13.7. The summed E-state index contributed by atoms with van der Waals surface area (Å²) < 4.78 is 18.1. The molecule has 1 aliphatic rings. The normalized spacial score (nSPS) is 15.6. The summed E-state index contributed by atoms with van der Waals surface area (Å²) in [4.78, 5) is 12.4. The number of thiocarbonyl (C=S) groups is 1. The number of rotatable bonds is 10. The summed E-state index contributed by atoms with van der Waals surface area (Å²) in [6.07, 6.45) is 2.85. The highest BCUT2D eigenvalue weighted by molar-refractivity contribution is 8.26. The van der Waals surface area contributed by atoms with Gasteiger partial charge in [0.05, 0.1) is 11.5 Å². The highest BCUT2D eigenvalue weighted by Crippen LogP contribution is 2.32. The van der Waals surface area contributed by atoms with E-state index in [9.17, 15) is 4.79 Å². The molecule has 1 heterocycles. The summed E-state index contributed by atoms with van der Waals surface area (Å²) in [5.74, 6) is 2.43. The van der Waals surface area contributed by atoms with Gasteiger partial charge in [-0.05, 0) is 54.7 Å². The van der Waals surface area contributed by atoms with E-state index in [2.05, 4.69) is 25.2 Å². The van der Waals surface area contributed by atoms with Crippen molar-refractivity contribution in [3.05, 3.63) is 58.5 Å². The molecule has 0 aliphatic carbocycles. The van der Waals surface area contributed by atoms with E-state index in [0.29, 0.717) is 46.5 Å². The molecule has 1 N–H and O–H groups in total. The molecule has 0 aromatic heterocycles. The van der Waals surface area contributed by atoms with E-state index < -0.39 is 0 Å². The number of amides is 1. The maximum atomic E-state index is 11.9. The van der Waals surface area contributed by atoms with Gasteiger partial charge in [0.1, 0.15) is 23.3 Å². The second-order valence-corrected chi connectivity index (χ2v) is 8.75. The highest BCUT2D eigenvalue weighted by Gasteiger charge is 2.22. The molecule has 3 rings (SSSR count). The molecule has 2 aromatic carbocycles. The first-order chi connectivity index (χ1) is 15.0. The quantitative estimate of drug-likeness (QED) is 0.287. The molecular weight excluding hydrogens is 430 g/mol. The number of carbonyl (C=O) groups is 1. The van der Waals surface area contributed by atoms with Crippen LogP contribution in [-0.2, 0) is 4.79 Å². The monoisotopic (exact) mass is 457 g/mol. The Bertz CT molecular complexity index is 974. The average molecular weight is 458 g/mol. The third-order valence-electron chi connectivity index (χ3n) is 4.87. The molecule has 1 aliphatic heterocycles. The third kappa shape index (κ3) is 6.24. The molecule has 7 heteroatoms. The minimum atomic E-state index is -0.178. The first kappa shape index (κ1) is 23.2. The van der Waals surface area contributed by atoms with Gasteiger partial charge in [0.25, 0.3) is 5.91 Å². The second-order valence-electron chi connectivity index (χ2n) is 7.04. The molecule has 1 amide bonds. The summed E-state index contributed by atoms with van der Waals surface area (Å²) in [6.45, 7) is 7.62. The first-order valence-corrected chi connectivity index (χ1v) is 11.6. The second kappa shape index (κ2) is 11.2. The number of benzene rings is 2. The first-order valence-electron chi connectivity index (χ1n) is 10.4. The number of nitrogens with one attached hydrogen (secondary N) is 1. The molecule has 31 heavy (non-hydrogen) atoms. The van der Waals surface area contributed by atoms with E-state index in [0.717, 1.165) is 17.7 Å². The Labute approximate surface area is 193 Å². The maximum absolute atomic E-state index is 11.9. The summed E-state index contributed by atoms with van der Waals surface area (Å²) >= 11 is 6.29. The molecule has 0 radical (unpaired) electrons. The van der Waals surface area contributed by atoms with Crippen LogP contribution in [0.1, 0.15) is 44.2 Å². The minimum absolute atomic E-state index is 0.178. The molecular formula is C24H27NO4S2. The lowest BCUT2D eigenvalue weighted by molar-refractivity contribution is -0.115. The van der Waals surface area contributed by atoms with Crippen LogP contribution in [0.25, 0.3) is 6.08 Å². The zero-order valence-electron chi connectivity index (χ0n) is 18.0. The highest BCUT2D eigenvalue weighted by atomic mass is 32.2. The third-order valence-corrected chi connectivity index (χ3v) is 6.03. The fourth-order valence-electron chi connectivity index (χ4n) is 3.12. The van der Waals surface area contributed by atoms with Gasteiger partial charge in [-0.3, -0.25) is 4.79 Å². The van der Waals surface area contributed by atoms with E-state index in [1.165, 1.54) is 17.3 Å². The Morgan fingerprint density at radius 3 is 2.45 bits per heavy atom. The van der Waals surface area contributed by atoms with Crippen LogP contribution in [-0.4, -0.2) is 30.0 Å². The van der Waals surface area contributed by atoms with Crippen molar-refractivity contribution in [2.45, 2.75) is 33.1 Å². The molecule has 1 saturated heterocycles. The van der Waals surface area contributed by atoms with Gasteiger partial charge in [0.15, 0.2) is 11.5 Å². The Balaban J connectivity index is 1.63. The van der Waals surface area contributed by atoms with Gasteiger partial charge in [-0.25, -0.2) is 0 Å². The molecule has 1 fully saturated rings. The van der Waals surface area contributed by atoms with Crippen LogP contribution < -0.4 is 19.5 Å². The lowest BCUT2D eigenvalue weighted by Gasteiger charge is -2.16. The molecule has 2 aromatic rings. The zero-order valence-corrected chi connectivity index (χ0v) is 19.6. The van der Waals surface area contributed by atoms with E-state index in [1.807, 2.05) is 43.3 Å². The van der Waals surface area contributed by atoms with Gasteiger partial charge in [-0.15, -0.1) is 0 Å². The van der Waals surface area contributed by atoms with Gasteiger partial charge in [-0.1, -0.05) is 62.1 Å². The van der Waals surface area contributed by atoms with Crippen molar-refractivity contribution in [1.82, 2.24) is 5.32 Å². The minimum Gasteiger partial charge on any atom is -0.490 e. The topological polar surface area (TPSA) is 56.8 Å². The van der Waals surface area contributed by atoms with Crippen molar-refractivity contribution in [3.8, 4) is 17.2 Å². The fraction of sp³-hybridized carbons (Fsp3) is 0.333. The van der Waals surface area contributed by atoms with Crippen molar-refractivity contribution in [1.29, 1.82) is 0 Å². The number of carbonyl (C=O) groups excluding carboxylic acids is 1. The molecule has 5 nitrogen and oxygen atoms in total. The van der Waals surface area contributed by atoms with Crippen molar-refractivity contribution < 1.29 is 19.0 Å². The lowest BCUT2D eigenvalue weighted by Crippen LogP contribution is -2.17. The number of hydrogen-bond donors (Lipinski definition) is 1. The number of ether oxygens (including phenoxy) is 3. The van der Waals surface area contributed by atoms with Gasteiger partial charge in [0.2, 0.25) is 0 Å². The van der Waals surface area contributed by atoms with Gasteiger partial charge < -0.3 is 19.5 Å². The molecule has 1 unspecified atom stereocenters. The van der Waals surface area contributed by atoms with Crippen LogP contribution in [0.5, 0.6) is 17.2 Å². The Hall–Kier alpha value is -2.51. The fourth-order valence-corrected chi connectivity index (χ4v) is 4.16. The number of hydrogen-bond acceptors (Lipinski definition) is 6.